The first-order valence-electron chi connectivity index (χ1n) is 10.5. The number of carbonyl (C=O) groups excluding carboxylic acids is 1. The summed E-state index contributed by atoms with van der Waals surface area (Å²) in [5, 5.41) is 4.71. The number of anilines is 1. The zero-order valence-corrected chi connectivity index (χ0v) is 17.8. The number of fused-ring (bicyclic) bond motifs is 1. The Kier molecular flexibility index (Phi) is 4.89. The van der Waals surface area contributed by atoms with Crippen LogP contribution in [0.4, 0.5) is 5.69 Å². The number of rotatable bonds is 4. The third kappa shape index (κ3) is 3.54. The molecule has 1 aliphatic rings. The lowest BCUT2D eigenvalue weighted by atomic mass is 10.2. The number of pyridine rings is 1. The summed E-state index contributed by atoms with van der Waals surface area (Å²) in [6.45, 7) is 7.38. The lowest BCUT2D eigenvalue weighted by molar-refractivity contribution is -0.132. The molecule has 8 nitrogen and oxygen atoms in total. The summed E-state index contributed by atoms with van der Waals surface area (Å²) in [6.07, 6.45) is 3.52. The number of aryl methyl sites for hydroxylation is 1. The summed E-state index contributed by atoms with van der Waals surface area (Å²) in [5.74, 6) is 0.941. The number of hydrogen-bond donors (Lipinski definition) is 0. The molecule has 0 unspecified atom stereocenters. The fraction of sp³-hybridized carbons (Fsp3) is 0.304. The second-order valence-electron chi connectivity index (χ2n) is 7.85. The fourth-order valence-corrected chi connectivity index (χ4v) is 4.36. The molecule has 0 N–H and O–H groups in total. The van der Waals surface area contributed by atoms with Crippen molar-refractivity contribution in [1.82, 2.24) is 29.2 Å². The molecule has 1 aromatic carbocycles. The van der Waals surface area contributed by atoms with Crippen LogP contribution in [0.1, 0.15) is 11.4 Å². The highest BCUT2D eigenvalue weighted by Crippen LogP contribution is 2.27. The summed E-state index contributed by atoms with van der Waals surface area (Å²) in [7, 11) is 0. The number of aromatic nitrogens is 5. The van der Waals surface area contributed by atoms with Gasteiger partial charge >= 0.3 is 0 Å². The van der Waals surface area contributed by atoms with E-state index in [4.69, 9.17) is 5.10 Å². The topological polar surface area (TPSA) is 72.1 Å². The number of piperazine rings is 1. The van der Waals surface area contributed by atoms with E-state index < -0.39 is 0 Å². The Balaban J connectivity index is 1.27. The standard InChI is InChI=1S/C23H25N7O/c1-17-23(18(2)30(26-17)21-9-5-6-10-24-21)28-13-11-27(12-14-28)22(31)15-29-16-25-19-7-3-4-8-20(19)29/h3-10,16H,11-15H2,1-2H3. The van der Waals surface area contributed by atoms with Gasteiger partial charge < -0.3 is 14.4 Å². The molecule has 0 aliphatic carbocycles. The molecule has 1 fully saturated rings. The van der Waals surface area contributed by atoms with Gasteiger partial charge in [-0.3, -0.25) is 4.79 Å². The Hall–Kier alpha value is -3.68. The molecular formula is C23H25N7O. The normalized spacial score (nSPS) is 14.4. The Labute approximate surface area is 180 Å². The zero-order valence-electron chi connectivity index (χ0n) is 17.8. The summed E-state index contributed by atoms with van der Waals surface area (Å²) < 4.78 is 3.82. The molecule has 0 radical (unpaired) electrons. The molecule has 0 spiro atoms. The largest absolute Gasteiger partial charge is 0.365 e. The van der Waals surface area contributed by atoms with Crippen LogP contribution in [-0.4, -0.2) is 61.3 Å². The number of benzene rings is 1. The Bertz CT molecular complexity index is 1220. The molecule has 3 aromatic heterocycles. The van der Waals surface area contributed by atoms with Gasteiger partial charge in [-0.05, 0) is 38.1 Å². The number of hydrogen-bond acceptors (Lipinski definition) is 5. The molecule has 1 saturated heterocycles. The van der Waals surface area contributed by atoms with Crippen molar-refractivity contribution in [1.29, 1.82) is 0 Å². The van der Waals surface area contributed by atoms with Crippen molar-refractivity contribution in [2.75, 3.05) is 31.1 Å². The summed E-state index contributed by atoms with van der Waals surface area (Å²) in [6, 6.07) is 13.7. The van der Waals surface area contributed by atoms with E-state index >= 15 is 0 Å². The number of imidazole rings is 1. The Morgan fingerprint density at radius 1 is 0.968 bits per heavy atom. The van der Waals surface area contributed by atoms with Gasteiger partial charge in [0.1, 0.15) is 6.54 Å². The van der Waals surface area contributed by atoms with E-state index in [9.17, 15) is 4.79 Å². The molecule has 158 valence electrons. The van der Waals surface area contributed by atoms with Gasteiger partial charge in [-0.25, -0.2) is 14.6 Å². The highest BCUT2D eigenvalue weighted by atomic mass is 16.2. The van der Waals surface area contributed by atoms with Crippen LogP contribution in [0.2, 0.25) is 0 Å². The quantitative estimate of drug-likeness (QED) is 0.512. The molecule has 5 rings (SSSR count). The minimum atomic E-state index is 0.125. The van der Waals surface area contributed by atoms with Gasteiger partial charge in [0, 0.05) is 32.4 Å². The third-order valence-electron chi connectivity index (χ3n) is 5.90. The van der Waals surface area contributed by atoms with Crippen molar-refractivity contribution in [3.8, 4) is 5.82 Å². The SMILES string of the molecule is Cc1nn(-c2ccccn2)c(C)c1N1CCN(C(=O)Cn2cnc3ccccc32)CC1. The molecule has 0 bridgehead atoms. The average molecular weight is 416 g/mol. The van der Waals surface area contributed by atoms with Gasteiger partial charge in [-0.2, -0.15) is 5.10 Å². The highest BCUT2D eigenvalue weighted by molar-refractivity contribution is 5.80. The number of para-hydroxylation sites is 2. The van der Waals surface area contributed by atoms with E-state index in [1.54, 1.807) is 12.5 Å². The van der Waals surface area contributed by atoms with E-state index in [-0.39, 0.29) is 5.91 Å². The van der Waals surface area contributed by atoms with Crippen LogP contribution in [0.15, 0.2) is 55.0 Å². The van der Waals surface area contributed by atoms with Crippen molar-refractivity contribution in [3.05, 3.63) is 66.4 Å². The number of amides is 1. The second-order valence-corrected chi connectivity index (χ2v) is 7.85. The highest BCUT2D eigenvalue weighted by Gasteiger charge is 2.26. The molecular weight excluding hydrogens is 390 g/mol. The summed E-state index contributed by atoms with van der Waals surface area (Å²) in [4.78, 5) is 26.0. The van der Waals surface area contributed by atoms with E-state index in [1.165, 1.54) is 0 Å². The first-order chi connectivity index (χ1) is 15.1. The zero-order chi connectivity index (χ0) is 21.4. The second kappa shape index (κ2) is 7.86. The van der Waals surface area contributed by atoms with Crippen molar-refractivity contribution >= 4 is 22.6 Å². The van der Waals surface area contributed by atoms with E-state index in [0.29, 0.717) is 19.6 Å². The number of carbonyl (C=O) groups is 1. The van der Waals surface area contributed by atoms with Gasteiger partial charge in [0.05, 0.1) is 34.4 Å². The van der Waals surface area contributed by atoms with Crippen LogP contribution in [0.25, 0.3) is 16.9 Å². The first-order valence-corrected chi connectivity index (χ1v) is 10.5. The van der Waals surface area contributed by atoms with Crippen LogP contribution in [0.3, 0.4) is 0 Å². The molecule has 4 aromatic rings. The maximum absolute atomic E-state index is 12.9. The minimum Gasteiger partial charge on any atom is -0.365 e. The van der Waals surface area contributed by atoms with Crippen molar-refractivity contribution in [2.24, 2.45) is 0 Å². The van der Waals surface area contributed by atoms with E-state index in [2.05, 4.69) is 21.8 Å². The Morgan fingerprint density at radius 3 is 2.52 bits per heavy atom. The third-order valence-corrected chi connectivity index (χ3v) is 5.90. The monoisotopic (exact) mass is 415 g/mol. The van der Waals surface area contributed by atoms with Gasteiger partial charge in [0.25, 0.3) is 0 Å². The van der Waals surface area contributed by atoms with E-state index in [1.807, 2.05) is 63.5 Å². The van der Waals surface area contributed by atoms with Crippen molar-refractivity contribution in [3.63, 3.8) is 0 Å². The van der Waals surface area contributed by atoms with Crippen molar-refractivity contribution in [2.45, 2.75) is 20.4 Å². The van der Waals surface area contributed by atoms with E-state index in [0.717, 1.165) is 47.0 Å². The maximum Gasteiger partial charge on any atom is 0.242 e. The van der Waals surface area contributed by atoms with Crippen LogP contribution in [0.5, 0.6) is 0 Å². The molecule has 1 aliphatic heterocycles. The summed E-state index contributed by atoms with van der Waals surface area (Å²) >= 11 is 0. The summed E-state index contributed by atoms with van der Waals surface area (Å²) in [5.41, 5.74) is 5.09. The van der Waals surface area contributed by atoms with Crippen LogP contribution in [-0.2, 0) is 11.3 Å². The Morgan fingerprint density at radius 2 is 1.74 bits per heavy atom. The first kappa shape index (κ1) is 19.3. The molecule has 1 amide bonds. The van der Waals surface area contributed by atoms with Crippen molar-refractivity contribution < 1.29 is 4.79 Å². The maximum atomic E-state index is 12.9. The predicted molar refractivity (Wildman–Crippen MR) is 119 cm³/mol. The van der Waals surface area contributed by atoms with Gasteiger partial charge in [0.15, 0.2) is 5.82 Å². The smallest absolute Gasteiger partial charge is 0.242 e. The minimum absolute atomic E-state index is 0.125. The fourth-order valence-electron chi connectivity index (χ4n) is 4.36. The molecule has 0 atom stereocenters. The molecule has 0 saturated carbocycles. The van der Waals surface area contributed by atoms with Gasteiger partial charge in [-0.1, -0.05) is 18.2 Å². The van der Waals surface area contributed by atoms with Crippen LogP contribution < -0.4 is 4.90 Å². The predicted octanol–water partition coefficient (Wildman–Crippen LogP) is 2.58. The molecule has 8 heteroatoms. The lowest BCUT2D eigenvalue weighted by Crippen LogP contribution is -2.49. The number of nitrogens with zero attached hydrogens (tertiary/aromatic N) is 7. The van der Waals surface area contributed by atoms with Gasteiger partial charge in [0.2, 0.25) is 5.91 Å². The average Bonchev–Trinajstić information content (AvgIpc) is 3.34. The lowest BCUT2D eigenvalue weighted by Gasteiger charge is -2.36. The van der Waals surface area contributed by atoms with Crippen LogP contribution >= 0.6 is 0 Å². The molecule has 31 heavy (non-hydrogen) atoms. The molecule has 4 heterocycles. The van der Waals surface area contributed by atoms with Crippen LogP contribution in [0, 0.1) is 13.8 Å². The van der Waals surface area contributed by atoms with Gasteiger partial charge in [-0.15, -0.1) is 0 Å².